The highest BCUT2D eigenvalue weighted by molar-refractivity contribution is 5.77. The van der Waals surface area contributed by atoms with E-state index in [1.165, 1.54) is 10.5 Å². The molecule has 2 aromatic rings. The number of nitrogens with zero attached hydrogens (tertiary/aromatic N) is 1. The standard InChI is InChI=1S/C24H33N3O2/c1-3-29-23-12-8-7-11-22(23)27-17-15-26(16-18-27)19-24(28)25-20(2)13-14-21-9-5-4-6-10-21/h4-12,20H,3,13-19H2,1-2H3,(H,25,28)/p+1/t20-/m1/s1. The van der Waals surface area contributed by atoms with Crippen LogP contribution in [0.1, 0.15) is 25.8 Å². The minimum Gasteiger partial charge on any atom is -0.492 e. The van der Waals surface area contributed by atoms with Crippen LogP contribution in [0.4, 0.5) is 5.69 Å². The zero-order valence-corrected chi connectivity index (χ0v) is 17.7. The molecule has 0 bridgehead atoms. The monoisotopic (exact) mass is 396 g/mol. The molecule has 2 aromatic carbocycles. The molecule has 0 saturated carbocycles. The van der Waals surface area contributed by atoms with Crippen molar-refractivity contribution in [2.24, 2.45) is 0 Å². The molecule has 3 rings (SSSR count). The highest BCUT2D eigenvalue weighted by Crippen LogP contribution is 2.27. The molecular formula is C24H34N3O2+. The van der Waals surface area contributed by atoms with Gasteiger partial charge in [-0.1, -0.05) is 42.5 Å². The van der Waals surface area contributed by atoms with E-state index in [0.717, 1.165) is 50.5 Å². The van der Waals surface area contributed by atoms with E-state index in [1.807, 2.05) is 25.1 Å². The van der Waals surface area contributed by atoms with Crippen LogP contribution in [-0.4, -0.2) is 51.3 Å². The predicted molar refractivity (Wildman–Crippen MR) is 118 cm³/mol. The van der Waals surface area contributed by atoms with Crippen LogP contribution in [-0.2, 0) is 11.2 Å². The Labute approximate surface area is 174 Å². The van der Waals surface area contributed by atoms with Crippen molar-refractivity contribution >= 4 is 11.6 Å². The van der Waals surface area contributed by atoms with Crippen molar-refractivity contribution in [2.45, 2.75) is 32.7 Å². The van der Waals surface area contributed by atoms with Gasteiger partial charge < -0.3 is 19.9 Å². The molecule has 0 aromatic heterocycles. The molecule has 5 heteroatoms. The van der Waals surface area contributed by atoms with Crippen molar-refractivity contribution in [2.75, 3.05) is 44.2 Å². The maximum Gasteiger partial charge on any atom is 0.275 e. The fourth-order valence-electron chi connectivity index (χ4n) is 3.89. The SMILES string of the molecule is CCOc1ccccc1N1CC[NH+](CC(=O)N[C@H](C)CCc2ccccc2)CC1. The fourth-order valence-corrected chi connectivity index (χ4v) is 3.89. The average molecular weight is 397 g/mol. The number of hydrogen-bond donors (Lipinski definition) is 2. The van der Waals surface area contributed by atoms with Gasteiger partial charge in [0, 0.05) is 6.04 Å². The number of aryl methyl sites for hydroxylation is 1. The van der Waals surface area contributed by atoms with Crippen LogP contribution in [0.5, 0.6) is 5.75 Å². The molecule has 5 nitrogen and oxygen atoms in total. The maximum absolute atomic E-state index is 12.5. The number of benzene rings is 2. The summed E-state index contributed by atoms with van der Waals surface area (Å²) in [6.45, 7) is 9.14. The Morgan fingerprint density at radius 2 is 1.79 bits per heavy atom. The highest BCUT2D eigenvalue weighted by Gasteiger charge is 2.24. The number of anilines is 1. The molecular weight excluding hydrogens is 362 g/mol. The van der Waals surface area contributed by atoms with E-state index in [2.05, 4.69) is 53.5 Å². The summed E-state index contributed by atoms with van der Waals surface area (Å²) >= 11 is 0. The van der Waals surface area contributed by atoms with E-state index in [9.17, 15) is 4.79 Å². The Balaban J connectivity index is 1.40. The molecule has 1 saturated heterocycles. The molecule has 1 fully saturated rings. The molecule has 156 valence electrons. The zero-order chi connectivity index (χ0) is 20.5. The van der Waals surface area contributed by atoms with E-state index in [4.69, 9.17) is 4.74 Å². The van der Waals surface area contributed by atoms with Crippen molar-refractivity contribution in [3.8, 4) is 5.75 Å². The van der Waals surface area contributed by atoms with Crippen LogP contribution in [0.2, 0.25) is 0 Å². The molecule has 1 heterocycles. The predicted octanol–water partition coefficient (Wildman–Crippen LogP) is 1.93. The van der Waals surface area contributed by atoms with Crippen LogP contribution >= 0.6 is 0 Å². The Hall–Kier alpha value is -2.53. The smallest absolute Gasteiger partial charge is 0.275 e. The third-order valence-corrected chi connectivity index (χ3v) is 5.50. The third-order valence-electron chi connectivity index (χ3n) is 5.50. The first kappa shape index (κ1) is 21.2. The summed E-state index contributed by atoms with van der Waals surface area (Å²) in [6.07, 6.45) is 1.96. The van der Waals surface area contributed by atoms with Gasteiger partial charge in [-0.05, 0) is 44.4 Å². The Bertz CT molecular complexity index is 758. The van der Waals surface area contributed by atoms with Gasteiger partial charge in [0.2, 0.25) is 0 Å². The van der Waals surface area contributed by atoms with Crippen molar-refractivity contribution in [3.05, 3.63) is 60.2 Å². The van der Waals surface area contributed by atoms with E-state index in [1.54, 1.807) is 0 Å². The van der Waals surface area contributed by atoms with Gasteiger partial charge in [0.15, 0.2) is 6.54 Å². The summed E-state index contributed by atoms with van der Waals surface area (Å²) in [7, 11) is 0. The molecule has 1 amide bonds. The number of nitrogens with one attached hydrogen (secondary N) is 2. The number of carbonyl (C=O) groups excluding carboxylic acids is 1. The van der Waals surface area contributed by atoms with Crippen LogP contribution in [0, 0.1) is 0 Å². The Morgan fingerprint density at radius 3 is 2.52 bits per heavy atom. The van der Waals surface area contributed by atoms with E-state index < -0.39 is 0 Å². The highest BCUT2D eigenvalue weighted by atomic mass is 16.5. The molecule has 29 heavy (non-hydrogen) atoms. The first-order valence-corrected chi connectivity index (χ1v) is 10.8. The average Bonchev–Trinajstić information content (AvgIpc) is 2.74. The first-order valence-electron chi connectivity index (χ1n) is 10.8. The fraction of sp³-hybridized carbons (Fsp3) is 0.458. The lowest BCUT2D eigenvalue weighted by atomic mass is 10.1. The second-order valence-corrected chi connectivity index (χ2v) is 7.81. The largest absolute Gasteiger partial charge is 0.492 e. The van der Waals surface area contributed by atoms with Crippen molar-refractivity contribution in [3.63, 3.8) is 0 Å². The van der Waals surface area contributed by atoms with E-state index >= 15 is 0 Å². The lowest BCUT2D eigenvalue weighted by Gasteiger charge is -2.34. The number of hydrogen-bond acceptors (Lipinski definition) is 3. The third kappa shape index (κ3) is 6.50. The number of amides is 1. The summed E-state index contributed by atoms with van der Waals surface area (Å²) < 4.78 is 5.77. The van der Waals surface area contributed by atoms with Gasteiger partial charge in [0.05, 0.1) is 38.5 Å². The van der Waals surface area contributed by atoms with Crippen molar-refractivity contribution in [1.82, 2.24) is 5.32 Å². The van der Waals surface area contributed by atoms with Crippen LogP contribution < -0.4 is 19.9 Å². The van der Waals surface area contributed by atoms with Crippen LogP contribution in [0.25, 0.3) is 0 Å². The van der Waals surface area contributed by atoms with Crippen LogP contribution in [0.3, 0.4) is 0 Å². The number of ether oxygens (including phenoxy) is 1. The second-order valence-electron chi connectivity index (χ2n) is 7.81. The van der Waals surface area contributed by atoms with Gasteiger partial charge in [-0.25, -0.2) is 0 Å². The maximum atomic E-state index is 12.5. The second kappa shape index (κ2) is 10.9. The van der Waals surface area contributed by atoms with Gasteiger partial charge in [-0.2, -0.15) is 0 Å². The summed E-state index contributed by atoms with van der Waals surface area (Å²) in [6, 6.07) is 18.9. The van der Waals surface area contributed by atoms with Gasteiger partial charge >= 0.3 is 0 Å². The molecule has 0 spiro atoms. The normalized spacial score (nSPS) is 15.7. The van der Waals surface area contributed by atoms with Crippen molar-refractivity contribution < 1.29 is 14.4 Å². The van der Waals surface area contributed by atoms with E-state index in [0.29, 0.717) is 13.2 Å². The summed E-state index contributed by atoms with van der Waals surface area (Å²) in [5, 5.41) is 3.17. The summed E-state index contributed by atoms with van der Waals surface area (Å²) in [5.41, 5.74) is 2.48. The molecule has 0 radical (unpaired) electrons. The van der Waals surface area contributed by atoms with Crippen molar-refractivity contribution in [1.29, 1.82) is 0 Å². The van der Waals surface area contributed by atoms with E-state index in [-0.39, 0.29) is 11.9 Å². The number of quaternary nitrogens is 1. The molecule has 1 aliphatic heterocycles. The van der Waals surface area contributed by atoms with Crippen LogP contribution in [0.15, 0.2) is 54.6 Å². The summed E-state index contributed by atoms with van der Waals surface area (Å²) in [4.78, 5) is 16.2. The quantitative estimate of drug-likeness (QED) is 0.681. The minimum atomic E-state index is 0.156. The number of para-hydroxylation sites is 2. The number of carbonyl (C=O) groups is 1. The van der Waals surface area contributed by atoms with Gasteiger partial charge in [-0.3, -0.25) is 4.79 Å². The number of rotatable bonds is 9. The molecule has 0 aliphatic carbocycles. The van der Waals surface area contributed by atoms with Gasteiger partial charge in [0.1, 0.15) is 5.75 Å². The minimum absolute atomic E-state index is 0.156. The molecule has 1 aliphatic rings. The van der Waals surface area contributed by atoms with Gasteiger partial charge in [0.25, 0.3) is 5.91 Å². The van der Waals surface area contributed by atoms with Gasteiger partial charge in [-0.15, -0.1) is 0 Å². The number of piperazine rings is 1. The molecule has 0 unspecified atom stereocenters. The lowest BCUT2D eigenvalue weighted by molar-refractivity contribution is -0.892. The molecule has 1 atom stereocenters. The lowest BCUT2D eigenvalue weighted by Crippen LogP contribution is -3.16. The molecule has 2 N–H and O–H groups in total. The topological polar surface area (TPSA) is 46.0 Å². The zero-order valence-electron chi connectivity index (χ0n) is 17.7. The first-order chi connectivity index (χ1) is 14.2. The Morgan fingerprint density at radius 1 is 1.10 bits per heavy atom. The Kier molecular flexibility index (Phi) is 7.94. The summed E-state index contributed by atoms with van der Waals surface area (Å²) in [5.74, 6) is 1.10.